The molecule has 3 aromatic carbocycles. The molecule has 94 valence electrons. The van der Waals surface area contributed by atoms with Gasteiger partial charge in [-0.3, -0.25) is 0 Å². The molecular formula is C16H11FO2. The Kier molecular flexibility index (Phi) is 2.60. The quantitative estimate of drug-likeness (QED) is 0.687. The molecule has 0 aliphatic carbocycles. The molecule has 0 fully saturated rings. The van der Waals surface area contributed by atoms with Gasteiger partial charge in [0, 0.05) is 5.56 Å². The van der Waals surface area contributed by atoms with Crippen LogP contribution in [0.3, 0.4) is 0 Å². The summed E-state index contributed by atoms with van der Waals surface area (Å²) in [6.07, 6.45) is 0. The van der Waals surface area contributed by atoms with E-state index in [1.165, 1.54) is 24.3 Å². The van der Waals surface area contributed by atoms with E-state index in [0.29, 0.717) is 10.9 Å². The minimum absolute atomic E-state index is 0.0248. The van der Waals surface area contributed by atoms with Gasteiger partial charge in [-0.2, -0.15) is 0 Å². The zero-order valence-corrected chi connectivity index (χ0v) is 9.97. The molecule has 0 spiro atoms. The van der Waals surface area contributed by atoms with Gasteiger partial charge in [-0.25, -0.2) is 4.39 Å². The molecule has 3 aromatic rings. The van der Waals surface area contributed by atoms with Crippen LogP contribution in [0.25, 0.3) is 21.9 Å². The molecule has 0 aliphatic heterocycles. The maximum Gasteiger partial charge on any atom is 0.134 e. The maximum atomic E-state index is 14.0. The molecule has 0 radical (unpaired) electrons. The second-order valence-electron chi connectivity index (χ2n) is 4.31. The van der Waals surface area contributed by atoms with Crippen LogP contribution in [-0.4, -0.2) is 10.2 Å². The van der Waals surface area contributed by atoms with E-state index in [-0.39, 0.29) is 17.1 Å². The van der Waals surface area contributed by atoms with Crippen molar-refractivity contribution in [2.24, 2.45) is 0 Å². The van der Waals surface area contributed by atoms with Gasteiger partial charge in [-0.1, -0.05) is 36.4 Å². The molecule has 3 rings (SSSR count). The lowest BCUT2D eigenvalue weighted by Crippen LogP contribution is -1.88. The average Bonchev–Trinajstić information content (AvgIpc) is 2.41. The Morgan fingerprint density at radius 2 is 1.42 bits per heavy atom. The smallest absolute Gasteiger partial charge is 0.134 e. The van der Waals surface area contributed by atoms with E-state index < -0.39 is 5.82 Å². The van der Waals surface area contributed by atoms with E-state index in [1.54, 1.807) is 12.1 Å². The average molecular weight is 254 g/mol. The van der Waals surface area contributed by atoms with Crippen LogP contribution in [0.4, 0.5) is 4.39 Å². The zero-order chi connectivity index (χ0) is 13.4. The van der Waals surface area contributed by atoms with Gasteiger partial charge < -0.3 is 10.2 Å². The van der Waals surface area contributed by atoms with Gasteiger partial charge >= 0.3 is 0 Å². The van der Waals surface area contributed by atoms with Crippen LogP contribution in [-0.2, 0) is 0 Å². The summed E-state index contributed by atoms with van der Waals surface area (Å²) in [5, 5.41) is 21.5. The van der Waals surface area contributed by atoms with Gasteiger partial charge in [0.15, 0.2) is 0 Å². The van der Waals surface area contributed by atoms with Crippen LogP contribution >= 0.6 is 0 Å². The number of benzene rings is 3. The van der Waals surface area contributed by atoms with Crippen LogP contribution in [0.15, 0.2) is 54.6 Å². The third kappa shape index (κ3) is 1.80. The van der Waals surface area contributed by atoms with Crippen LogP contribution in [0.2, 0.25) is 0 Å². The highest BCUT2D eigenvalue weighted by Crippen LogP contribution is 2.41. The van der Waals surface area contributed by atoms with Crippen molar-refractivity contribution in [2.45, 2.75) is 0 Å². The van der Waals surface area contributed by atoms with E-state index >= 15 is 0 Å². The second kappa shape index (κ2) is 4.28. The second-order valence-corrected chi connectivity index (χ2v) is 4.31. The highest BCUT2D eigenvalue weighted by molar-refractivity contribution is 6.00. The fourth-order valence-electron chi connectivity index (χ4n) is 2.28. The first kappa shape index (κ1) is 11.5. The first-order valence-electron chi connectivity index (χ1n) is 5.87. The van der Waals surface area contributed by atoms with Crippen molar-refractivity contribution in [1.82, 2.24) is 0 Å². The third-order valence-corrected chi connectivity index (χ3v) is 3.15. The summed E-state index contributed by atoms with van der Waals surface area (Å²) in [6.45, 7) is 0. The summed E-state index contributed by atoms with van der Waals surface area (Å²) < 4.78 is 14.0. The normalized spacial score (nSPS) is 10.8. The Labute approximate surface area is 109 Å². The molecule has 2 nitrogen and oxygen atoms in total. The standard InChI is InChI=1S/C16H11FO2/c17-12-6-3-7-13(18)16(12)15-11-5-2-1-4-10(11)8-9-14(15)19/h1-9,18-19H. The molecule has 2 N–H and O–H groups in total. The Hall–Kier alpha value is -2.55. The number of hydrogen-bond acceptors (Lipinski definition) is 2. The highest BCUT2D eigenvalue weighted by Gasteiger charge is 2.16. The predicted molar refractivity (Wildman–Crippen MR) is 72.7 cm³/mol. The molecule has 0 saturated carbocycles. The van der Waals surface area contributed by atoms with Crippen LogP contribution < -0.4 is 0 Å². The number of aromatic hydroxyl groups is 2. The van der Waals surface area contributed by atoms with E-state index in [0.717, 1.165) is 5.39 Å². The number of fused-ring (bicyclic) bond motifs is 1. The van der Waals surface area contributed by atoms with Crippen LogP contribution in [0.1, 0.15) is 0 Å². The fourth-order valence-corrected chi connectivity index (χ4v) is 2.28. The van der Waals surface area contributed by atoms with Gasteiger partial charge in [0.25, 0.3) is 0 Å². The number of hydrogen-bond donors (Lipinski definition) is 2. The molecule has 0 heterocycles. The Bertz CT molecular complexity index is 746. The molecule has 0 aliphatic rings. The van der Waals surface area contributed by atoms with Crippen molar-refractivity contribution in [1.29, 1.82) is 0 Å². The van der Waals surface area contributed by atoms with E-state index in [1.807, 2.05) is 18.2 Å². The van der Waals surface area contributed by atoms with Crippen molar-refractivity contribution in [3.63, 3.8) is 0 Å². The van der Waals surface area contributed by atoms with Gasteiger partial charge in [-0.05, 0) is 29.0 Å². The molecular weight excluding hydrogens is 243 g/mol. The van der Waals surface area contributed by atoms with Crippen LogP contribution in [0, 0.1) is 5.82 Å². The first-order valence-corrected chi connectivity index (χ1v) is 5.87. The molecule has 0 unspecified atom stereocenters. The zero-order valence-electron chi connectivity index (χ0n) is 9.97. The van der Waals surface area contributed by atoms with Crippen molar-refractivity contribution in [3.05, 3.63) is 60.4 Å². The summed E-state index contributed by atoms with van der Waals surface area (Å²) in [6, 6.07) is 14.7. The summed E-state index contributed by atoms with van der Waals surface area (Å²) in [5.74, 6) is -0.808. The SMILES string of the molecule is Oc1cccc(F)c1-c1c(O)ccc2ccccc12. The van der Waals surface area contributed by atoms with Gasteiger partial charge in [0.2, 0.25) is 0 Å². The molecule has 0 amide bonds. The van der Waals surface area contributed by atoms with E-state index in [9.17, 15) is 14.6 Å². The number of halogens is 1. The summed E-state index contributed by atoms with van der Waals surface area (Å²) in [7, 11) is 0. The third-order valence-electron chi connectivity index (χ3n) is 3.15. The number of phenolic OH excluding ortho intramolecular Hbond substituents is 2. The molecule has 0 saturated heterocycles. The Balaban J connectivity index is 2.46. The predicted octanol–water partition coefficient (Wildman–Crippen LogP) is 4.06. The molecule has 3 heteroatoms. The minimum atomic E-state index is -0.563. The maximum absolute atomic E-state index is 14.0. The summed E-state index contributed by atoms with van der Waals surface area (Å²) in [4.78, 5) is 0. The van der Waals surface area contributed by atoms with Crippen molar-refractivity contribution < 1.29 is 14.6 Å². The molecule has 0 aromatic heterocycles. The topological polar surface area (TPSA) is 40.5 Å². The number of phenols is 2. The lowest BCUT2D eigenvalue weighted by Gasteiger charge is -2.11. The summed E-state index contributed by atoms with van der Waals surface area (Å²) in [5.41, 5.74) is 0.338. The van der Waals surface area contributed by atoms with E-state index in [2.05, 4.69) is 0 Å². The molecule has 0 bridgehead atoms. The number of rotatable bonds is 1. The Morgan fingerprint density at radius 1 is 0.684 bits per heavy atom. The lowest BCUT2D eigenvalue weighted by atomic mass is 9.96. The van der Waals surface area contributed by atoms with Gasteiger partial charge in [0.1, 0.15) is 17.3 Å². The fraction of sp³-hybridized carbons (Fsp3) is 0. The largest absolute Gasteiger partial charge is 0.507 e. The monoisotopic (exact) mass is 254 g/mol. The first-order chi connectivity index (χ1) is 9.18. The highest BCUT2D eigenvalue weighted by atomic mass is 19.1. The molecule has 19 heavy (non-hydrogen) atoms. The molecule has 0 atom stereocenters. The summed E-state index contributed by atoms with van der Waals surface area (Å²) >= 11 is 0. The van der Waals surface area contributed by atoms with Crippen molar-refractivity contribution in [2.75, 3.05) is 0 Å². The van der Waals surface area contributed by atoms with Crippen LogP contribution in [0.5, 0.6) is 11.5 Å². The van der Waals surface area contributed by atoms with Gasteiger partial charge in [-0.15, -0.1) is 0 Å². The minimum Gasteiger partial charge on any atom is -0.507 e. The lowest BCUT2D eigenvalue weighted by molar-refractivity contribution is 0.465. The van der Waals surface area contributed by atoms with E-state index in [4.69, 9.17) is 0 Å². The van der Waals surface area contributed by atoms with Gasteiger partial charge in [0.05, 0.1) is 5.56 Å². The van der Waals surface area contributed by atoms with Crippen molar-refractivity contribution >= 4 is 10.8 Å². The Morgan fingerprint density at radius 3 is 2.21 bits per heavy atom. The van der Waals surface area contributed by atoms with Crippen molar-refractivity contribution in [3.8, 4) is 22.6 Å².